The standard InChI is InChI=1S/C16H25ClN4O2S/c1-2-18-16(19-9-8-14-6-3-4-7-15(14)17)20-10-12-21-11-5-13-24(21,22)23/h3-4,6-7H,2,5,8-13H2,1H3,(H2,18,19,20). The average molecular weight is 373 g/mol. The molecule has 0 radical (unpaired) electrons. The van der Waals surface area contributed by atoms with Crippen molar-refractivity contribution in [1.82, 2.24) is 14.9 Å². The second kappa shape index (κ2) is 9.25. The lowest BCUT2D eigenvalue weighted by atomic mass is 10.1. The van der Waals surface area contributed by atoms with E-state index in [4.69, 9.17) is 11.6 Å². The molecule has 0 bridgehead atoms. The van der Waals surface area contributed by atoms with Crippen molar-refractivity contribution in [3.8, 4) is 0 Å². The highest BCUT2D eigenvalue weighted by molar-refractivity contribution is 7.89. The SMILES string of the molecule is CCNC(=NCCN1CCCS1(=O)=O)NCCc1ccccc1Cl. The minimum atomic E-state index is -3.05. The van der Waals surface area contributed by atoms with Crippen molar-refractivity contribution in [2.45, 2.75) is 19.8 Å². The van der Waals surface area contributed by atoms with Crippen molar-refractivity contribution in [1.29, 1.82) is 0 Å². The van der Waals surface area contributed by atoms with Crippen LogP contribution in [0.5, 0.6) is 0 Å². The van der Waals surface area contributed by atoms with Crippen LogP contribution in [0.25, 0.3) is 0 Å². The first kappa shape index (κ1) is 19.0. The molecule has 1 fully saturated rings. The van der Waals surface area contributed by atoms with Gasteiger partial charge in [-0.1, -0.05) is 29.8 Å². The van der Waals surface area contributed by atoms with Crippen molar-refractivity contribution in [2.24, 2.45) is 4.99 Å². The van der Waals surface area contributed by atoms with Gasteiger partial charge in [0.2, 0.25) is 10.0 Å². The summed E-state index contributed by atoms with van der Waals surface area (Å²) >= 11 is 6.15. The summed E-state index contributed by atoms with van der Waals surface area (Å²) < 4.78 is 25.0. The molecule has 6 nitrogen and oxygen atoms in total. The van der Waals surface area contributed by atoms with Crippen LogP contribution in [0.15, 0.2) is 29.3 Å². The van der Waals surface area contributed by atoms with Crippen LogP contribution in [0.3, 0.4) is 0 Å². The van der Waals surface area contributed by atoms with E-state index in [2.05, 4.69) is 15.6 Å². The molecule has 1 aromatic rings. The molecule has 1 heterocycles. The first-order valence-electron chi connectivity index (χ1n) is 8.26. The molecule has 0 unspecified atom stereocenters. The summed E-state index contributed by atoms with van der Waals surface area (Å²) in [5.74, 6) is 0.952. The molecule has 1 aliphatic heterocycles. The second-order valence-electron chi connectivity index (χ2n) is 5.60. The van der Waals surface area contributed by atoms with Crippen molar-refractivity contribution >= 4 is 27.6 Å². The third-order valence-corrected chi connectivity index (χ3v) is 6.14. The summed E-state index contributed by atoms with van der Waals surface area (Å²) in [5, 5.41) is 7.19. The van der Waals surface area contributed by atoms with Gasteiger partial charge in [-0.15, -0.1) is 0 Å². The van der Waals surface area contributed by atoms with E-state index in [1.165, 1.54) is 4.31 Å². The van der Waals surface area contributed by atoms with Crippen LogP contribution in [0.4, 0.5) is 0 Å². The molecule has 134 valence electrons. The minimum absolute atomic E-state index is 0.257. The van der Waals surface area contributed by atoms with Crippen LogP contribution in [0.2, 0.25) is 5.02 Å². The smallest absolute Gasteiger partial charge is 0.214 e. The molecule has 0 saturated carbocycles. The highest BCUT2D eigenvalue weighted by Crippen LogP contribution is 2.14. The second-order valence-corrected chi connectivity index (χ2v) is 8.09. The third kappa shape index (κ3) is 5.65. The van der Waals surface area contributed by atoms with Gasteiger partial charge in [-0.2, -0.15) is 0 Å². The summed E-state index contributed by atoms with van der Waals surface area (Å²) in [6.45, 7) is 4.94. The van der Waals surface area contributed by atoms with Gasteiger partial charge in [0.15, 0.2) is 5.96 Å². The highest BCUT2D eigenvalue weighted by Gasteiger charge is 2.27. The van der Waals surface area contributed by atoms with Crippen LogP contribution in [0, 0.1) is 0 Å². The first-order chi connectivity index (χ1) is 11.5. The largest absolute Gasteiger partial charge is 0.357 e. The lowest BCUT2D eigenvalue weighted by Gasteiger charge is -2.14. The lowest BCUT2D eigenvalue weighted by Crippen LogP contribution is -2.39. The van der Waals surface area contributed by atoms with Gasteiger partial charge in [-0.3, -0.25) is 4.99 Å². The Hall–Kier alpha value is -1.31. The Morgan fingerprint density at radius 1 is 1.33 bits per heavy atom. The normalized spacial score (nSPS) is 17.8. The molecule has 0 spiro atoms. The summed E-state index contributed by atoms with van der Waals surface area (Å²) in [4.78, 5) is 4.45. The molecule has 1 aliphatic rings. The number of nitrogens with zero attached hydrogens (tertiary/aromatic N) is 2. The Labute approximate surface area is 149 Å². The van der Waals surface area contributed by atoms with Crippen LogP contribution in [-0.2, 0) is 16.4 Å². The summed E-state index contributed by atoms with van der Waals surface area (Å²) in [7, 11) is -3.05. The number of aliphatic imine (C=N–C) groups is 1. The van der Waals surface area contributed by atoms with Crippen LogP contribution in [-0.4, -0.2) is 57.2 Å². The van der Waals surface area contributed by atoms with E-state index in [0.717, 1.165) is 23.6 Å². The molecule has 2 N–H and O–H groups in total. The Kier molecular flexibility index (Phi) is 7.33. The molecule has 8 heteroatoms. The van der Waals surface area contributed by atoms with E-state index in [1.807, 2.05) is 31.2 Å². The summed E-state index contributed by atoms with van der Waals surface area (Å²) in [6, 6.07) is 7.77. The van der Waals surface area contributed by atoms with E-state index in [1.54, 1.807) is 0 Å². The van der Waals surface area contributed by atoms with Gasteiger partial charge in [-0.05, 0) is 31.4 Å². The fourth-order valence-corrected chi connectivity index (χ4v) is 4.32. The van der Waals surface area contributed by atoms with Crippen LogP contribution >= 0.6 is 11.6 Å². The van der Waals surface area contributed by atoms with Crippen molar-refractivity contribution in [2.75, 3.05) is 38.5 Å². The number of hydrogen-bond acceptors (Lipinski definition) is 3. The average Bonchev–Trinajstić information content (AvgIpc) is 2.88. The third-order valence-electron chi connectivity index (χ3n) is 3.81. The molecule has 1 aromatic carbocycles. The topological polar surface area (TPSA) is 73.8 Å². The minimum Gasteiger partial charge on any atom is -0.357 e. The lowest BCUT2D eigenvalue weighted by molar-refractivity contribution is 0.452. The predicted octanol–water partition coefficient (Wildman–Crippen LogP) is 1.47. The van der Waals surface area contributed by atoms with Gasteiger partial charge in [-0.25, -0.2) is 12.7 Å². The molecule has 0 amide bonds. The van der Waals surface area contributed by atoms with Crippen molar-refractivity contribution < 1.29 is 8.42 Å². The molecule has 1 saturated heterocycles. The van der Waals surface area contributed by atoms with Gasteiger partial charge in [0, 0.05) is 31.2 Å². The summed E-state index contributed by atoms with van der Waals surface area (Å²) in [6.07, 6.45) is 1.51. The van der Waals surface area contributed by atoms with E-state index in [0.29, 0.717) is 38.6 Å². The molecule has 2 rings (SSSR count). The molecule has 0 aromatic heterocycles. The molecule has 0 atom stereocenters. The zero-order valence-corrected chi connectivity index (χ0v) is 15.5. The number of sulfonamides is 1. The number of rotatable bonds is 7. The molecular formula is C16H25ClN4O2S. The quantitative estimate of drug-likeness (QED) is 0.561. The maximum absolute atomic E-state index is 11.8. The van der Waals surface area contributed by atoms with Gasteiger partial charge in [0.05, 0.1) is 12.3 Å². The van der Waals surface area contributed by atoms with Gasteiger partial charge >= 0.3 is 0 Å². The summed E-state index contributed by atoms with van der Waals surface area (Å²) in [5.41, 5.74) is 1.09. The zero-order valence-electron chi connectivity index (χ0n) is 14.0. The number of benzene rings is 1. The fraction of sp³-hybridized carbons (Fsp3) is 0.562. The number of nitrogens with one attached hydrogen (secondary N) is 2. The predicted molar refractivity (Wildman–Crippen MR) is 99.1 cm³/mol. The highest BCUT2D eigenvalue weighted by atomic mass is 35.5. The number of hydrogen-bond donors (Lipinski definition) is 2. The molecule has 0 aliphatic carbocycles. The van der Waals surface area contributed by atoms with Crippen molar-refractivity contribution in [3.05, 3.63) is 34.9 Å². The van der Waals surface area contributed by atoms with E-state index < -0.39 is 10.0 Å². The van der Waals surface area contributed by atoms with E-state index in [9.17, 15) is 8.42 Å². The van der Waals surface area contributed by atoms with Gasteiger partial charge in [0.25, 0.3) is 0 Å². The molecule has 24 heavy (non-hydrogen) atoms. The molecular weight excluding hydrogens is 348 g/mol. The Balaban J connectivity index is 1.81. The number of guanidine groups is 1. The number of halogens is 1. The zero-order chi connectivity index (χ0) is 17.4. The van der Waals surface area contributed by atoms with E-state index in [-0.39, 0.29) is 5.75 Å². The first-order valence-corrected chi connectivity index (χ1v) is 10.2. The van der Waals surface area contributed by atoms with Gasteiger partial charge < -0.3 is 10.6 Å². The van der Waals surface area contributed by atoms with Crippen LogP contribution < -0.4 is 10.6 Å². The Morgan fingerprint density at radius 3 is 2.79 bits per heavy atom. The van der Waals surface area contributed by atoms with E-state index >= 15 is 0 Å². The maximum Gasteiger partial charge on any atom is 0.214 e. The van der Waals surface area contributed by atoms with Gasteiger partial charge in [0.1, 0.15) is 0 Å². The Bertz CT molecular complexity index is 664. The van der Waals surface area contributed by atoms with Crippen LogP contribution in [0.1, 0.15) is 18.9 Å². The fourth-order valence-electron chi connectivity index (χ4n) is 2.57. The van der Waals surface area contributed by atoms with Crippen molar-refractivity contribution in [3.63, 3.8) is 0 Å². The monoisotopic (exact) mass is 372 g/mol. The Morgan fingerprint density at radius 2 is 2.12 bits per heavy atom. The maximum atomic E-state index is 11.8.